The number of nitrogens with zero attached hydrogens (tertiary/aromatic N) is 1. The van der Waals surface area contributed by atoms with Crippen LogP contribution in [0.15, 0.2) is 0 Å². The Morgan fingerprint density at radius 3 is 2.77 bits per heavy atom. The number of esters is 2. The first kappa shape index (κ1) is 22.0. The SMILES string of the molecule is CC[C@H]1[C@H](C[C@H](C)C(=O)OC)O[C@]23CC[C@@H]([C@@H]4C[C@H](C)C(=O)O4)N2CCCC[C@]13O. The van der Waals surface area contributed by atoms with Gasteiger partial charge in [-0.3, -0.25) is 14.5 Å². The van der Waals surface area contributed by atoms with Crippen molar-refractivity contribution in [2.45, 2.75) is 102 Å². The highest BCUT2D eigenvalue weighted by Gasteiger charge is 2.70. The van der Waals surface area contributed by atoms with E-state index in [4.69, 9.17) is 14.2 Å². The predicted molar refractivity (Wildman–Crippen MR) is 109 cm³/mol. The molecule has 0 saturated carbocycles. The number of carbonyl (C=O) groups excluding carboxylic acids is 2. The highest BCUT2D eigenvalue weighted by atomic mass is 16.6. The van der Waals surface area contributed by atoms with E-state index in [9.17, 15) is 14.7 Å². The van der Waals surface area contributed by atoms with Crippen LogP contribution in [0.25, 0.3) is 0 Å². The molecule has 0 unspecified atom stereocenters. The molecule has 8 atom stereocenters. The van der Waals surface area contributed by atoms with Crippen molar-refractivity contribution in [3.63, 3.8) is 0 Å². The third-order valence-electron chi connectivity index (χ3n) is 8.25. The van der Waals surface area contributed by atoms with E-state index in [1.54, 1.807) is 0 Å². The molecule has 0 aliphatic carbocycles. The summed E-state index contributed by atoms with van der Waals surface area (Å²) < 4.78 is 17.5. The number of rotatable bonds is 5. The molecule has 0 radical (unpaired) electrons. The molecular weight excluding hydrogens is 386 g/mol. The normalized spacial score (nSPS) is 44.8. The summed E-state index contributed by atoms with van der Waals surface area (Å²) in [5, 5.41) is 12.2. The summed E-state index contributed by atoms with van der Waals surface area (Å²) >= 11 is 0. The van der Waals surface area contributed by atoms with Crippen molar-refractivity contribution >= 4 is 11.9 Å². The average molecular weight is 424 g/mol. The molecular formula is C23H37NO6. The van der Waals surface area contributed by atoms with Crippen LogP contribution < -0.4 is 0 Å². The van der Waals surface area contributed by atoms with Gasteiger partial charge in [-0.05, 0) is 51.4 Å². The highest BCUT2D eigenvalue weighted by Crippen LogP contribution is 2.58. The zero-order valence-corrected chi connectivity index (χ0v) is 18.8. The number of aliphatic hydroxyl groups is 1. The maximum Gasteiger partial charge on any atom is 0.309 e. The molecule has 4 rings (SSSR count). The highest BCUT2D eigenvalue weighted by molar-refractivity contribution is 5.74. The van der Waals surface area contributed by atoms with Gasteiger partial charge in [0.1, 0.15) is 11.7 Å². The van der Waals surface area contributed by atoms with Crippen LogP contribution in [-0.4, -0.2) is 65.2 Å². The molecule has 0 aromatic carbocycles. The van der Waals surface area contributed by atoms with Crippen molar-refractivity contribution in [1.82, 2.24) is 4.90 Å². The van der Waals surface area contributed by atoms with Crippen molar-refractivity contribution in [1.29, 1.82) is 0 Å². The van der Waals surface area contributed by atoms with E-state index >= 15 is 0 Å². The van der Waals surface area contributed by atoms with Crippen molar-refractivity contribution in [2.24, 2.45) is 17.8 Å². The average Bonchev–Trinajstić information content (AvgIpc) is 3.29. The van der Waals surface area contributed by atoms with Gasteiger partial charge in [-0.25, -0.2) is 0 Å². The second-order valence-corrected chi connectivity index (χ2v) is 9.91. The van der Waals surface area contributed by atoms with Crippen molar-refractivity contribution in [3.05, 3.63) is 0 Å². The Hall–Kier alpha value is -1.18. The predicted octanol–water partition coefficient (Wildman–Crippen LogP) is 2.64. The molecule has 170 valence electrons. The number of methoxy groups -OCH3 is 1. The first-order valence-corrected chi connectivity index (χ1v) is 11.7. The van der Waals surface area contributed by atoms with Gasteiger partial charge in [-0.1, -0.05) is 20.8 Å². The first-order valence-electron chi connectivity index (χ1n) is 11.7. The molecule has 0 aromatic heterocycles. The van der Waals surface area contributed by atoms with Gasteiger partial charge >= 0.3 is 11.9 Å². The van der Waals surface area contributed by atoms with E-state index < -0.39 is 11.3 Å². The Bertz CT molecular complexity index is 685. The molecule has 4 saturated heterocycles. The lowest BCUT2D eigenvalue weighted by molar-refractivity contribution is -0.216. The van der Waals surface area contributed by atoms with Gasteiger partial charge < -0.3 is 19.3 Å². The van der Waals surface area contributed by atoms with E-state index in [0.29, 0.717) is 12.8 Å². The van der Waals surface area contributed by atoms with Gasteiger partial charge in [0.2, 0.25) is 0 Å². The van der Waals surface area contributed by atoms with Gasteiger partial charge in [0.15, 0.2) is 5.72 Å². The number of carbonyl (C=O) groups is 2. The molecule has 4 heterocycles. The van der Waals surface area contributed by atoms with E-state index in [2.05, 4.69) is 11.8 Å². The molecule has 4 aliphatic heterocycles. The number of cyclic esters (lactones) is 1. The van der Waals surface area contributed by atoms with Crippen LogP contribution in [-0.2, 0) is 23.8 Å². The molecule has 0 amide bonds. The first-order chi connectivity index (χ1) is 14.3. The Balaban J connectivity index is 1.64. The lowest BCUT2D eigenvalue weighted by Gasteiger charge is -2.46. The van der Waals surface area contributed by atoms with Crippen LogP contribution in [0.4, 0.5) is 0 Å². The largest absolute Gasteiger partial charge is 0.469 e. The minimum atomic E-state index is -0.957. The second kappa shape index (κ2) is 8.06. The van der Waals surface area contributed by atoms with Gasteiger partial charge in [0.25, 0.3) is 0 Å². The molecule has 7 nitrogen and oxygen atoms in total. The molecule has 1 N–H and O–H groups in total. The van der Waals surface area contributed by atoms with Crippen LogP contribution in [0.2, 0.25) is 0 Å². The van der Waals surface area contributed by atoms with Gasteiger partial charge in [-0.15, -0.1) is 0 Å². The van der Waals surface area contributed by atoms with E-state index in [-0.39, 0.29) is 47.9 Å². The zero-order valence-electron chi connectivity index (χ0n) is 18.8. The standard InChI is InChI=1S/C23H37NO6/c1-5-16-18(12-14(2)20(25)28-4)30-23-10-8-17(19-13-15(3)21(26)29-19)24(23)11-7-6-9-22(16,23)27/h14-19,27H,5-13H2,1-4H3/t14-,15-,16-,17-,18-,19-,22-,23-/m0/s1. The summed E-state index contributed by atoms with van der Waals surface area (Å²) in [5.41, 5.74) is -1.71. The van der Waals surface area contributed by atoms with E-state index in [1.165, 1.54) is 7.11 Å². The lowest BCUT2D eigenvalue weighted by Crippen LogP contribution is -2.62. The smallest absolute Gasteiger partial charge is 0.309 e. The van der Waals surface area contributed by atoms with E-state index in [1.807, 2.05) is 13.8 Å². The monoisotopic (exact) mass is 423 g/mol. The molecule has 1 spiro atoms. The third-order valence-corrected chi connectivity index (χ3v) is 8.25. The minimum Gasteiger partial charge on any atom is -0.469 e. The number of hydrogen-bond acceptors (Lipinski definition) is 7. The minimum absolute atomic E-state index is 0.0333. The molecule has 30 heavy (non-hydrogen) atoms. The Labute approximate surface area is 179 Å². The fourth-order valence-electron chi connectivity index (χ4n) is 6.78. The van der Waals surface area contributed by atoms with Crippen molar-refractivity contribution in [2.75, 3.05) is 13.7 Å². The summed E-state index contributed by atoms with van der Waals surface area (Å²) in [6.07, 6.45) is 5.98. The van der Waals surface area contributed by atoms with Crippen molar-refractivity contribution < 1.29 is 28.9 Å². The third kappa shape index (κ3) is 3.19. The summed E-state index contributed by atoms with van der Waals surface area (Å²) in [5.74, 6) is -0.737. The maximum atomic E-state index is 12.2. The molecule has 4 aliphatic rings. The molecule has 4 fully saturated rings. The lowest BCUT2D eigenvalue weighted by atomic mass is 9.73. The van der Waals surface area contributed by atoms with Crippen LogP contribution in [0.5, 0.6) is 0 Å². The molecule has 7 heteroatoms. The topological polar surface area (TPSA) is 85.3 Å². The summed E-state index contributed by atoms with van der Waals surface area (Å²) in [6.45, 7) is 6.73. The molecule has 0 bridgehead atoms. The quantitative estimate of drug-likeness (QED) is 0.681. The Morgan fingerprint density at radius 1 is 1.37 bits per heavy atom. The number of ether oxygens (including phenoxy) is 3. The van der Waals surface area contributed by atoms with Crippen LogP contribution >= 0.6 is 0 Å². The second-order valence-electron chi connectivity index (χ2n) is 9.91. The van der Waals surface area contributed by atoms with Gasteiger partial charge in [0, 0.05) is 18.5 Å². The van der Waals surface area contributed by atoms with Crippen molar-refractivity contribution in [3.8, 4) is 0 Å². The summed E-state index contributed by atoms with van der Waals surface area (Å²) in [4.78, 5) is 26.5. The summed E-state index contributed by atoms with van der Waals surface area (Å²) in [6, 6.07) is 0.0813. The Morgan fingerprint density at radius 2 is 2.13 bits per heavy atom. The molecule has 0 aromatic rings. The summed E-state index contributed by atoms with van der Waals surface area (Å²) in [7, 11) is 1.41. The zero-order chi connectivity index (χ0) is 21.7. The van der Waals surface area contributed by atoms with Crippen LogP contribution in [0.1, 0.15) is 72.1 Å². The van der Waals surface area contributed by atoms with Gasteiger partial charge in [-0.2, -0.15) is 0 Å². The maximum absolute atomic E-state index is 12.2. The number of hydrogen-bond donors (Lipinski definition) is 1. The van der Waals surface area contributed by atoms with Gasteiger partial charge in [0.05, 0.1) is 25.0 Å². The van der Waals surface area contributed by atoms with Crippen LogP contribution in [0, 0.1) is 17.8 Å². The Kier molecular flexibility index (Phi) is 5.92. The van der Waals surface area contributed by atoms with Crippen LogP contribution in [0.3, 0.4) is 0 Å². The fraction of sp³-hybridized carbons (Fsp3) is 0.913. The van der Waals surface area contributed by atoms with E-state index in [0.717, 1.165) is 45.1 Å². The fourth-order valence-corrected chi connectivity index (χ4v) is 6.78.